The quantitative estimate of drug-likeness (QED) is 0.150. The molecule has 1 saturated carbocycles. The topological polar surface area (TPSA) is 57.9 Å². The maximum absolute atomic E-state index is 13.2. The van der Waals surface area contributed by atoms with Crippen LogP contribution in [0, 0.1) is 5.92 Å². The Morgan fingerprint density at radius 2 is 1.84 bits per heavy atom. The molecule has 0 saturated heterocycles. The Morgan fingerprint density at radius 3 is 2.55 bits per heavy atom. The van der Waals surface area contributed by atoms with Crippen molar-refractivity contribution < 1.29 is 36.6 Å². The fourth-order valence-electron chi connectivity index (χ4n) is 4.77. The van der Waals surface area contributed by atoms with Crippen molar-refractivity contribution in [1.29, 1.82) is 0 Å². The van der Waals surface area contributed by atoms with E-state index in [-0.39, 0.29) is 35.2 Å². The molecule has 2 aromatic carbocycles. The lowest BCUT2D eigenvalue weighted by Crippen LogP contribution is -2.28. The molecule has 3 atom stereocenters. The molecule has 204 valence electrons. The molecule has 1 heterocycles. The number of hydrogen-bond donors (Lipinski definition) is 0. The van der Waals surface area contributed by atoms with Gasteiger partial charge in [-0.05, 0) is 68.5 Å². The minimum atomic E-state index is -4.82. The number of carbonyl (C=O) groups is 1. The van der Waals surface area contributed by atoms with Crippen LogP contribution in [0.5, 0.6) is 11.5 Å². The third-order valence-electron chi connectivity index (χ3n) is 6.90. The molecule has 1 aromatic heterocycles. The van der Waals surface area contributed by atoms with Crippen LogP contribution >= 0.6 is 0 Å². The fourth-order valence-corrected chi connectivity index (χ4v) is 4.77. The summed E-state index contributed by atoms with van der Waals surface area (Å²) < 4.78 is 61.7. The normalized spacial score (nSPS) is 19.5. The summed E-state index contributed by atoms with van der Waals surface area (Å²) in [5.74, 6) is 0.142. The van der Waals surface area contributed by atoms with E-state index in [9.17, 15) is 18.0 Å². The molecule has 0 spiro atoms. The van der Waals surface area contributed by atoms with Gasteiger partial charge in [0.25, 0.3) is 0 Å². The van der Waals surface area contributed by atoms with E-state index in [0.29, 0.717) is 29.7 Å². The number of alkyl halides is 3. The van der Waals surface area contributed by atoms with Gasteiger partial charge in [0.05, 0.1) is 5.56 Å². The molecular formula is C30H33F3O5. The number of halogens is 3. The van der Waals surface area contributed by atoms with E-state index in [2.05, 4.69) is 18.2 Å². The lowest BCUT2D eigenvalue weighted by molar-refractivity contribution is -0.274. The Labute approximate surface area is 220 Å². The Morgan fingerprint density at radius 1 is 1.08 bits per heavy atom. The maximum atomic E-state index is 13.2. The predicted molar refractivity (Wildman–Crippen MR) is 139 cm³/mol. The van der Waals surface area contributed by atoms with Crippen molar-refractivity contribution in [3.63, 3.8) is 0 Å². The van der Waals surface area contributed by atoms with Gasteiger partial charge in [-0.2, -0.15) is 0 Å². The first-order chi connectivity index (χ1) is 18.0. The van der Waals surface area contributed by atoms with Crippen LogP contribution in [0.4, 0.5) is 13.2 Å². The second-order valence-corrected chi connectivity index (χ2v) is 9.96. The summed E-state index contributed by atoms with van der Waals surface area (Å²) in [5, 5.41) is 0.727. The third-order valence-corrected chi connectivity index (χ3v) is 6.90. The minimum absolute atomic E-state index is 0.0147. The van der Waals surface area contributed by atoms with Gasteiger partial charge in [-0.25, -0.2) is 4.79 Å². The average Bonchev–Trinajstić information content (AvgIpc) is 3.41. The van der Waals surface area contributed by atoms with Gasteiger partial charge in [0.2, 0.25) is 0 Å². The Hall–Kier alpha value is -3.42. The number of ether oxygens (including phenoxy) is 3. The summed E-state index contributed by atoms with van der Waals surface area (Å²) in [6, 6.07) is 11.9. The van der Waals surface area contributed by atoms with E-state index in [1.54, 1.807) is 37.3 Å². The molecular weight excluding hydrogens is 497 g/mol. The van der Waals surface area contributed by atoms with Gasteiger partial charge in [-0.1, -0.05) is 39.3 Å². The van der Waals surface area contributed by atoms with E-state index >= 15 is 0 Å². The lowest BCUT2D eigenvalue weighted by Gasteiger charge is -2.22. The minimum Gasteiger partial charge on any atom is -0.490 e. The molecule has 8 heteroatoms. The highest BCUT2D eigenvalue weighted by molar-refractivity contribution is 5.87. The standard InChI is InChI=1S/C30H33F3O5/c1-5-6-7-8-20-9-12-23(28(15-20)38-30(31,32)33)27-16-21-10-11-22(17-26(21)36-27)35-24-13-14-25(19(24)4)37-29(34)18(2)3/h9-12,15-17,19,24-25H,2,5-8,13-14H2,1,3-4H3. The molecule has 3 unspecified atom stereocenters. The van der Waals surface area contributed by atoms with Crippen molar-refractivity contribution >= 4 is 16.9 Å². The predicted octanol–water partition coefficient (Wildman–Crippen LogP) is 8.40. The molecule has 5 nitrogen and oxygen atoms in total. The van der Waals surface area contributed by atoms with E-state index in [4.69, 9.17) is 13.9 Å². The number of rotatable bonds is 10. The number of aryl methyl sites for hydroxylation is 1. The summed E-state index contributed by atoms with van der Waals surface area (Å²) in [5.41, 5.74) is 1.85. The maximum Gasteiger partial charge on any atom is 0.573 e. The van der Waals surface area contributed by atoms with Crippen molar-refractivity contribution in [3.05, 3.63) is 60.2 Å². The summed E-state index contributed by atoms with van der Waals surface area (Å²) >= 11 is 0. The van der Waals surface area contributed by atoms with Crippen LogP contribution < -0.4 is 9.47 Å². The zero-order valence-corrected chi connectivity index (χ0v) is 21.9. The Bertz CT molecular complexity index is 1290. The lowest BCUT2D eigenvalue weighted by atomic mass is 10.0. The van der Waals surface area contributed by atoms with Crippen LogP contribution in [0.1, 0.15) is 58.4 Å². The van der Waals surface area contributed by atoms with Crippen molar-refractivity contribution in [1.82, 2.24) is 0 Å². The summed E-state index contributed by atoms with van der Waals surface area (Å²) in [6.45, 7) is 9.29. The van der Waals surface area contributed by atoms with E-state index in [0.717, 1.165) is 36.6 Å². The van der Waals surface area contributed by atoms with Crippen LogP contribution in [-0.4, -0.2) is 24.5 Å². The highest BCUT2D eigenvalue weighted by Gasteiger charge is 2.37. The first-order valence-corrected chi connectivity index (χ1v) is 13.0. The molecule has 0 N–H and O–H groups in total. The number of unbranched alkanes of at least 4 members (excludes halogenated alkanes) is 2. The van der Waals surface area contributed by atoms with Crippen LogP contribution in [0.2, 0.25) is 0 Å². The molecule has 1 aliphatic rings. The van der Waals surface area contributed by atoms with Crippen LogP contribution in [0.15, 0.2) is 59.0 Å². The van der Waals surface area contributed by atoms with E-state index in [1.165, 1.54) is 6.07 Å². The van der Waals surface area contributed by atoms with Crippen LogP contribution in [-0.2, 0) is 16.0 Å². The molecule has 1 aliphatic carbocycles. The van der Waals surface area contributed by atoms with Gasteiger partial charge < -0.3 is 18.6 Å². The average molecular weight is 531 g/mol. The molecule has 0 aliphatic heterocycles. The van der Waals surface area contributed by atoms with Crippen molar-refractivity contribution in [2.24, 2.45) is 5.92 Å². The number of esters is 1. The van der Waals surface area contributed by atoms with Gasteiger partial charge in [-0.15, -0.1) is 13.2 Å². The molecule has 1 fully saturated rings. The van der Waals surface area contributed by atoms with Gasteiger partial charge in [0.15, 0.2) is 0 Å². The van der Waals surface area contributed by atoms with Gasteiger partial charge in [0.1, 0.15) is 35.1 Å². The number of carbonyl (C=O) groups excluding carboxylic acids is 1. The molecule has 0 radical (unpaired) electrons. The van der Waals surface area contributed by atoms with Crippen molar-refractivity contribution in [2.45, 2.75) is 77.9 Å². The summed E-state index contributed by atoms with van der Waals surface area (Å²) in [6.07, 6.45) is -0.215. The second kappa shape index (κ2) is 11.5. The largest absolute Gasteiger partial charge is 0.573 e. The highest BCUT2D eigenvalue weighted by atomic mass is 19.4. The Balaban J connectivity index is 1.53. The first kappa shape index (κ1) is 27.6. The van der Waals surface area contributed by atoms with E-state index < -0.39 is 12.3 Å². The number of fused-ring (bicyclic) bond motifs is 1. The van der Waals surface area contributed by atoms with Gasteiger partial charge >= 0.3 is 12.3 Å². The number of benzene rings is 2. The zero-order valence-electron chi connectivity index (χ0n) is 21.9. The smallest absolute Gasteiger partial charge is 0.490 e. The molecule has 4 rings (SSSR count). The summed E-state index contributed by atoms with van der Waals surface area (Å²) in [7, 11) is 0. The third kappa shape index (κ3) is 6.71. The molecule has 38 heavy (non-hydrogen) atoms. The second-order valence-electron chi connectivity index (χ2n) is 9.96. The molecule has 3 aromatic rings. The van der Waals surface area contributed by atoms with Crippen molar-refractivity contribution in [3.8, 4) is 22.8 Å². The SMILES string of the molecule is C=C(C)C(=O)OC1CCC(Oc2ccc3cc(-c4ccc(CCCCC)cc4OC(F)(F)F)oc3c2)C1C. The van der Waals surface area contributed by atoms with Gasteiger partial charge in [0, 0.05) is 22.9 Å². The highest BCUT2D eigenvalue weighted by Crippen LogP contribution is 2.39. The fraction of sp³-hybridized carbons (Fsp3) is 0.433. The monoisotopic (exact) mass is 530 g/mol. The van der Waals surface area contributed by atoms with E-state index in [1.807, 2.05) is 13.0 Å². The summed E-state index contributed by atoms with van der Waals surface area (Å²) in [4.78, 5) is 11.9. The zero-order chi connectivity index (χ0) is 27.4. The number of furan rings is 1. The molecule has 0 amide bonds. The number of hydrogen-bond acceptors (Lipinski definition) is 5. The van der Waals surface area contributed by atoms with Gasteiger partial charge in [-0.3, -0.25) is 0 Å². The van der Waals surface area contributed by atoms with Crippen LogP contribution in [0.3, 0.4) is 0 Å². The van der Waals surface area contributed by atoms with Crippen LogP contribution in [0.25, 0.3) is 22.3 Å². The first-order valence-electron chi connectivity index (χ1n) is 13.0. The molecule has 0 bridgehead atoms. The Kier molecular flexibility index (Phi) is 8.38. The van der Waals surface area contributed by atoms with Crippen molar-refractivity contribution in [2.75, 3.05) is 0 Å².